The van der Waals surface area contributed by atoms with Crippen molar-refractivity contribution in [2.24, 2.45) is 4.99 Å². The van der Waals surface area contributed by atoms with Crippen LogP contribution in [-0.4, -0.2) is 35.8 Å². The minimum absolute atomic E-state index is 0.0907. The van der Waals surface area contributed by atoms with E-state index in [1.165, 1.54) is 22.4 Å². The van der Waals surface area contributed by atoms with E-state index in [4.69, 9.17) is 4.99 Å². The lowest BCUT2D eigenvalue weighted by molar-refractivity contribution is -0.125. The average molecular weight is 323 g/mol. The third kappa shape index (κ3) is 1.64. The van der Waals surface area contributed by atoms with Crippen molar-refractivity contribution in [3.63, 3.8) is 0 Å². The Labute approximate surface area is 143 Å². The highest BCUT2D eigenvalue weighted by Crippen LogP contribution is 2.56. The molecule has 0 N–H and O–H groups in total. The zero-order valence-corrected chi connectivity index (χ0v) is 15.3. The zero-order valence-electron chi connectivity index (χ0n) is 15.3. The Morgan fingerprint density at radius 1 is 1.29 bits per heavy atom. The number of amidine groups is 1. The number of likely N-dealkylation sites (tertiary alicyclic amines) is 1. The first-order chi connectivity index (χ1) is 11.3. The molecule has 0 aromatic heterocycles. The molecule has 3 aliphatic heterocycles. The summed E-state index contributed by atoms with van der Waals surface area (Å²) in [7, 11) is 2.17. The number of allylic oxidation sites excluding steroid dienone is 1. The summed E-state index contributed by atoms with van der Waals surface area (Å²) >= 11 is 0. The molecule has 0 saturated carbocycles. The van der Waals surface area contributed by atoms with E-state index in [1.807, 2.05) is 4.90 Å². The van der Waals surface area contributed by atoms with Crippen LogP contribution in [0.4, 0.5) is 5.69 Å². The van der Waals surface area contributed by atoms with Crippen LogP contribution < -0.4 is 4.90 Å². The molecule has 1 aromatic rings. The van der Waals surface area contributed by atoms with Gasteiger partial charge >= 0.3 is 0 Å². The molecule has 126 valence electrons. The first kappa shape index (κ1) is 15.4. The standard InChI is InChI=1S/C20H25N3O/c1-11-7-8-17-16(9-11)20-10-12(2)23(15(5)24)19(20)21-14(4)13(3)18(20)22(17)6/h7-9,12,18H,10H2,1-6H3/t12-,18?,20+/m1/s1. The number of benzene rings is 1. The van der Waals surface area contributed by atoms with Gasteiger partial charge in [-0.25, -0.2) is 4.99 Å². The molecule has 24 heavy (non-hydrogen) atoms. The number of likely N-dealkylation sites (N-methyl/N-ethyl adjacent to an activating group) is 1. The minimum Gasteiger partial charge on any atom is -0.366 e. The van der Waals surface area contributed by atoms with Crippen LogP contribution in [0.3, 0.4) is 0 Å². The summed E-state index contributed by atoms with van der Waals surface area (Å²) in [5, 5.41) is 0. The predicted molar refractivity (Wildman–Crippen MR) is 97.5 cm³/mol. The minimum atomic E-state index is -0.204. The van der Waals surface area contributed by atoms with E-state index < -0.39 is 0 Å². The quantitative estimate of drug-likeness (QED) is 0.733. The van der Waals surface area contributed by atoms with E-state index in [2.05, 4.69) is 57.8 Å². The first-order valence-corrected chi connectivity index (χ1v) is 8.69. The van der Waals surface area contributed by atoms with Gasteiger partial charge in [0.1, 0.15) is 5.84 Å². The Hall–Kier alpha value is -2.10. The number of aliphatic imine (C=N–C) groups is 1. The molecule has 1 spiro atoms. The Morgan fingerprint density at radius 2 is 2.00 bits per heavy atom. The van der Waals surface area contributed by atoms with Gasteiger partial charge in [-0.2, -0.15) is 0 Å². The van der Waals surface area contributed by atoms with Crippen molar-refractivity contribution >= 4 is 17.4 Å². The van der Waals surface area contributed by atoms with Crippen molar-refractivity contribution in [2.45, 2.75) is 58.5 Å². The fraction of sp³-hybridized carbons (Fsp3) is 0.500. The summed E-state index contributed by atoms with van der Waals surface area (Å²) in [6, 6.07) is 7.11. The largest absolute Gasteiger partial charge is 0.366 e. The van der Waals surface area contributed by atoms with Gasteiger partial charge in [-0.3, -0.25) is 9.69 Å². The van der Waals surface area contributed by atoms with Gasteiger partial charge in [-0.05, 0) is 51.3 Å². The van der Waals surface area contributed by atoms with Crippen molar-refractivity contribution in [3.05, 3.63) is 40.6 Å². The highest BCUT2D eigenvalue weighted by Gasteiger charge is 2.62. The summed E-state index contributed by atoms with van der Waals surface area (Å²) in [5.74, 6) is 1.04. The SMILES string of the molecule is CC(=O)N1C2=NC(C)=C(C)C3N(C)c4ccc(C)cc4[C@]23C[C@H]1C. The lowest BCUT2D eigenvalue weighted by Gasteiger charge is -2.39. The molecule has 0 radical (unpaired) electrons. The lowest BCUT2D eigenvalue weighted by Crippen LogP contribution is -2.52. The van der Waals surface area contributed by atoms with Gasteiger partial charge in [0.25, 0.3) is 0 Å². The Morgan fingerprint density at radius 3 is 2.67 bits per heavy atom. The van der Waals surface area contributed by atoms with Crippen LogP contribution in [-0.2, 0) is 10.2 Å². The Bertz CT molecular complexity index is 822. The van der Waals surface area contributed by atoms with E-state index in [1.54, 1.807) is 6.92 Å². The second-order valence-electron chi connectivity index (χ2n) is 7.65. The maximum absolute atomic E-state index is 12.4. The summed E-state index contributed by atoms with van der Waals surface area (Å²) in [4.78, 5) is 21.6. The number of nitrogens with zero attached hydrogens (tertiary/aromatic N) is 3. The van der Waals surface area contributed by atoms with Gasteiger partial charge in [0, 0.05) is 31.4 Å². The summed E-state index contributed by atoms with van der Waals surface area (Å²) < 4.78 is 0. The van der Waals surface area contributed by atoms with Gasteiger partial charge in [0.15, 0.2) is 0 Å². The summed E-state index contributed by atoms with van der Waals surface area (Å²) in [6.45, 7) is 10.2. The van der Waals surface area contributed by atoms with Crippen LogP contribution in [0.5, 0.6) is 0 Å². The number of anilines is 1. The Kier molecular flexibility index (Phi) is 3.03. The predicted octanol–water partition coefficient (Wildman–Crippen LogP) is 3.40. The van der Waals surface area contributed by atoms with E-state index in [-0.39, 0.29) is 23.4 Å². The number of fused-ring (bicyclic) bond motifs is 1. The molecular weight excluding hydrogens is 298 g/mol. The third-order valence-electron chi connectivity index (χ3n) is 6.15. The van der Waals surface area contributed by atoms with Crippen LogP contribution in [0.1, 0.15) is 45.2 Å². The topological polar surface area (TPSA) is 35.9 Å². The molecule has 4 heteroatoms. The number of hydrogen-bond donors (Lipinski definition) is 0. The molecule has 4 nitrogen and oxygen atoms in total. The second-order valence-corrected chi connectivity index (χ2v) is 7.65. The first-order valence-electron chi connectivity index (χ1n) is 8.69. The smallest absolute Gasteiger partial charge is 0.225 e. The van der Waals surface area contributed by atoms with E-state index in [9.17, 15) is 4.79 Å². The molecule has 0 aliphatic carbocycles. The Balaban J connectivity index is 2.05. The van der Waals surface area contributed by atoms with Crippen molar-refractivity contribution in [2.75, 3.05) is 11.9 Å². The molecule has 3 heterocycles. The van der Waals surface area contributed by atoms with Crippen molar-refractivity contribution in [1.29, 1.82) is 0 Å². The molecule has 1 aromatic carbocycles. The molecule has 1 amide bonds. The second kappa shape index (κ2) is 4.71. The highest BCUT2D eigenvalue weighted by atomic mass is 16.2. The van der Waals surface area contributed by atoms with E-state index in [0.717, 1.165) is 18.0 Å². The molecule has 1 fully saturated rings. The van der Waals surface area contributed by atoms with Crippen molar-refractivity contribution < 1.29 is 4.79 Å². The maximum Gasteiger partial charge on any atom is 0.225 e. The third-order valence-corrected chi connectivity index (χ3v) is 6.15. The van der Waals surface area contributed by atoms with Gasteiger partial charge in [0.05, 0.1) is 11.5 Å². The number of aryl methyl sites for hydroxylation is 1. The molecule has 4 rings (SSSR count). The van der Waals surface area contributed by atoms with Crippen LogP contribution in [0.2, 0.25) is 0 Å². The van der Waals surface area contributed by atoms with Crippen LogP contribution in [0.15, 0.2) is 34.5 Å². The van der Waals surface area contributed by atoms with Crippen molar-refractivity contribution in [3.8, 4) is 0 Å². The number of rotatable bonds is 0. The van der Waals surface area contributed by atoms with Crippen LogP contribution in [0.25, 0.3) is 0 Å². The molecular formula is C20H25N3O. The van der Waals surface area contributed by atoms with Gasteiger partial charge in [-0.1, -0.05) is 17.7 Å². The number of carbonyl (C=O) groups is 1. The normalized spacial score (nSPS) is 31.0. The van der Waals surface area contributed by atoms with Crippen LogP contribution >= 0.6 is 0 Å². The van der Waals surface area contributed by atoms with E-state index in [0.29, 0.717) is 0 Å². The fourth-order valence-electron chi connectivity index (χ4n) is 5.19. The van der Waals surface area contributed by atoms with Crippen molar-refractivity contribution in [1.82, 2.24) is 4.90 Å². The lowest BCUT2D eigenvalue weighted by atomic mass is 9.70. The van der Waals surface area contributed by atoms with Crippen LogP contribution in [0, 0.1) is 6.92 Å². The van der Waals surface area contributed by atoms with Gasteiger partial charge in [0.2, 0.25) is 5.91 Å². The maximum atomic E-state index is 12.4. The molecule has 1 saturated heterocycles. The van der Waals surface area contributed by atoms with E-state index >= 15 is 0 Å². The number of amides is 1. The molecule has 3 atom stereocenters. The number of hydrogen-bond acceptors (Lipinski definition) is 3. The summed E-state index contributed by atoms with van der Waals surface area (Å²) in [5.41, 5.74) is 6.01. The fourth-order valence-corrected chi connectivity index (χ4v) is 5.19. The molecule has 1 unspecified atom stereocenters. The molecule has 3 aliphatic rings. The monoisotopic (exact) mass is 323 g/mol. The van der Waals surface area contributed by atoms with Gasteiger partial charge in [-0.15, -0.1) is 0 Å². The zero-order chi connectivity index (χ0) is 17.4. The van der Waals surface area contributed by atoms with Gasteiger partial charge < -0.3 is 4.90 Å². The average Bonchev–Trinajstić information content (AvgIpc) is 2.92. The molecule has 0 bridgehead atoms. The highest BCUT2D eigenvalue weighted by molar-refractivity contribution is 6.09. The summed E-state index contributed by atoms with van der Waals surface area (Å²) in [6.07, 6.45) is 0.932. The number of carbonyl (C=O) groups excluding carboxylic acids is 1.